The molecule has 2 rings (SSSR count). The van der Waals surface area contributed by atoms with Crippen LogP contribution in [0.2, 0.25) is 0 Å². The van der Waals surface area contributed by atoms with Crippen molar-refractivity contribution in [1.82, 2.24) is 5.32 Å². The van der Waals surface area contributed by atoms with Crippen LogP contribution in [0.5, 0.6) is 0 Å². The predicted octanol–water partition coefficient (Wildman–Crippen LogP) is 1.34. The summed E-state index contributed by atoms with van der Waals surface area (Å²) < 4.78 is 25.7. The van der Waals surface area contributed by atoms with Gasteiger partial charge in [0.25, 0.3) is 0 Å². The largest absolute Gasteiger partial charge is 0.354 e. The highest BCUT2D eigenvalue weighted by molar-refractivity contribution is 5.94. The Balaban J connectivity index is 2.16. The maximum absolute atomic E-state index is 13.1. The lowest BCUT2D eigenvalue weighted by Gasteiger charge is -2.06. The summed E-state index contributed by atoms with van der Waals surface area (Å²) in [5.41, 5.74) is 0.222. The van der Waals surface area contributed by atoms with E-state index in [0.717, 1.165) is 12.6 Å². The quantitative estimate of drug-likeness (QED) is 0.712. The summed E-state index contributed by atoms with van der Waals surface area (Å²) in [6.07, 6.45) is 0. The number of nitrogens with one attached hydrogen (secondary N) is 2. The summed E-state index contributed by atoms with van der Waals surface area (Å²) >= 11 is 0. The van der Waals surface area contributed by atoms with Crippen LogP contribution in [0.3, 0.4) is 0 Å². The van der Waals surface area contributed by atoms with Crippen LogP contribution < -0.4 is 10.6 Å². The fraction of sp³-hybridized carbons (Fsp3) is 0.222. The van der Waals surface area contributed by atoms with E-state index in [9.17, 15) is 8.78 Å². The summed E-state index contributed by atoms with van der Waals surface area (Å²) in [5, 5.41) is 5.66. The average molecular weight is 197 g/mol. The summed E-state index contributed by atoms with van der Waals surface area (Å²) in [6, 6.07) is 3.37. The first kappa shape index (κ1) is 8.93. The molecule has 1 aromatic rings. The lowest BCUT2D eigenvalue weighted by atomic mass is 10.3. The van der Waals surface area contributed by atoms with Gasteiger partial charge >= 0.3 is 0 Å². The predicted molar refractivity (Wildman–Crippen MR) is 50.3 cm³/mol. The van der Waals surface area contributed by atoms with Gasteiger partial charge < -0.3 is 10.6 Å². The Morgan fingerprint density at radius 1 is 1.36 bits per heavy atom. The van der Waals surface area contributed by atoms with Gasteiger partial charge in [0.05, 0.1) is 12.2 Å². The minimum atomic E-state index is -0.624. The molecule has 0 radical (unpaired) electrons. The second-order valence-electron chi connectivity index (χ2n) is 2.91. The third kappa shape index (κ3) is 1.81. The van der Waals surface area contributed by atoms with Crippen molar-refractivity contribution in [3.63, 3.8) is 0 Å². The number of hydrogen-bond acceptors (Lipinski definition) is 3. The second-order valence-corrected chi connectivity index (χ2v) is 2.91. The molecule has 0 amide bonds. The van der Waals surface area contributed by atoms with E-state index in [1.165, 1.54) is 12.1 Å². The van der Waals surface area contributed by atoms with Crippen LogP contribution in [0.15, 0.2) is 23.2 Å². The Hall–Kier alpha value is -1.65. The van der Waals surface area contributed by atoms with Gasteiger partial charge in [-0.25, -0.2) is 8.78 Å². The molecule has 1 aliphatic heterocycles. The van der Waals surface area contributed by atoms with Gasteiger partial charge in [-0.05, 0) is 12.1 Å². The van der Waals surface area contributed by atoms with E-state index in [0.29, 0.717) is 12.5 Å². The van der Waals surface area contributed by atoms with Gasteiger partial charge in [-0.1, -0.05) is 0 Å². The molecule has 0 saturated carbocycles. The number of guanidine groups is 1. The minimum Gasteiger partial charge on any atom is -0.354 e. The van der Waals surface area contributed by atoms with Gasteiger partial charge in [0.2, 0.25) is 0 Å². The Labute approximate surface area is 79.8 Å². The van der Waals surface area contributed by atoms with E-state index in [4.69, 9.17) is 0 Å². The van der Waals surface area contributed by atoms with Crippen LogP contribution in [-0.2, 0) is 0 Å². The van der Waals surface area contributed by atoms with Crippen molar-refractivity contribution in [3.05, 3.63) is 29.8 Å². The Bertz CT molecular complexity index is 376. The molecular weight excluding hydrogens is 188 g/mol. The lowest BCUT2D eigenvalue weighted by Crippen LogP contribution is -2.26. The molecule has 0 unspecified atom stereocenters. The maximum Gasteiger partial charge on any atom is 0.196 e. The van der Waals surface area contributed by atoms with Crippen molar-refractivity contribution in [2.75, 3.05) is 18.4 Å². The van der Waals surface area contributed by atoms with Gasteiger partial charge in [-0.15, -0.1) is 0 Å². The Morgan fingerprint density at radius 2 is 2.21 bits per heavy atom. The van der Waals surface area contributed by atoms with Gasteiger partial charge in [0.1, 0.15) is 11.6 Å². The SMILES string of the molecule is Fc1ccc(NC2=NCCN2)c(F)c1. The molecule has 0 aromatic heterocycles. The first-order valence-corrected chi connectivity index (χ1v) is 4.26. The molecular formula is C9H9F2N3. The minimum absolute atomic E-state index is 0.222. The first-order valence-electron chi connectivity index (χ1n) is 4.26. The van der Waals surface area contributed by atoms with Crippen molar-refractivity contribution in [3.8, 4) is 0 Å². The number of halogens is 2. The maximum atomic E-state index is 13.1. The number of anilines is 1. The number of nitrogens with zero attached hydrogens (tertiary/aromatic N) is 1. The van der Waals surface area contributed by atoms with E-state index in [2.05, 4.69) is 15.6 Å². The number of benzene rings is 1. The van der Waals surface area contributed by atoms with E-state index in [-0.39, 0.29) is 5.69 Å². The summed E-state index contributed by atoms with van der Waals surface area (Å²) in [4.78, 5) is 4.03. The molecule has 0 saturated heterocycles. The van der Waals surface area contributed by atoms with Crippen LogP contribution in [-0.4, -0.2) is 19.0 Å². The molecule has 74 valence electrons. The van der Waals surface area contributed by atoms with Gasteiger partial charge in [-0.2, -0.15) is 0 Å². The molecule has 3 nitrogen and oxygen atoms in total. The molecule has 1 heterocycles. The van der Waals surface area contributed by atoms with Crippen LogP contribution in [0.4, 0.5) is 14.5 Å². The number of hydrogen-bond donors (Lipinski definition) is 2. The van der Waals surface area contributed by atoms with E-state index >= 15 is 0 Å². The van der Waals surface area contributed by atoms with Crippen LogP contribution in [0, 0.1) is 11.6 Å². The molecule has 0 atom stereocenters. The second kappa shape index (κ2) is 3.61. The smallest absolute Gasteiger partial charge is 0.196 e. The number of rotatable bonds is 1. The average Bonchev–Trinajstić information content (AvgIpc) is 2.62. The fourth-order valence-electron chi connectivity index (χ4n) is 1.20. The van der Waals surface area contributed by atoms with E-state index < -0.39 is 11.6 Å². The number of aliphatic imine (C=N–C) groups is 1. The van der Waals surface area contributed by atoms with Crippen molar-refractivity contribution < 1.29 is 8.78 Å². The van der Waals surface area contributed by atoms with Gasteiger partial charge in [-0.3, -0.25) is 4.99 Å². The first-order chi connectivity index (χ1) is 6.75. The van der Waals surface area contributed by atoms with Gasteiger partial charge in [0.15, 0.2) is 5.96 Å². The molecule has 0 fully saturated rings. The normalized spacial score (nSPS) is 14.9. The van der Waals surface area contributed by atoms with Crippen LogP contribution in [0.1, 0.15) is 0 Å². The highest BCUT2D eigenvalue weighted by Crippen LogP contribution is 2.14. The van der Waals surface area contributed by atoms with Crippen molar-refractivity contribution >= 4 is 11.6 Å². The van der Waals surface area contributed by atoms with Crippen molar-refractivity contribution in [2.45, 2.75) is 0 Å². The van der Waals surface area contributed by atoms with Crippen molar-refractivity contribution in [2.24, 2.45) is 4.99 Å². The molecule has 14 heavy (non-hydrogen) atoms. The highest BCUT2D eigenvalue weighted by Gasteiger charge is 2.08. The third-order valence-corrected chi connectivity index (χ3v) is 1.86. The Kier molecular flexibility index (Phi) is 2.30. The van der Waals surface area contributed by atoms with Gasteiger partial charge in [0, 0.05) is 12.6 Å². The van der Waals surface area contributed by atoms with Crippen LogP contribution >= 0.6 is 0 Å². The summed E-state index contributed by atoms with van der Waals surface area (Å²) in [7, 11) is 0. The zero-order valence-corrected chi connectivity index (χ0v) is 7.35. The summed E-state index contributed by atoms with van der Waals surface area (Å²) in [6.45, 7) is 1.41. The zero-order chi connectivity index (χ0) is 9.97. The molecule has 1 aliphatic rings. The summed E-state index contributed by atoms with van der Waals surface area (Å²) in [5.74, 6) is -0.689. The molecule has 2 N–H and O–H groups in total. The van der Waals surface area contributed by atoms with Crippen LogP contribution in [0.25, 0.3) is 0 Å². The topological polar surface area (TPSA) is 36.4 Å². The fourth-order valence-corrected chi connectivity index (χ4v) is 1.20. The molecule has 1 aromatic carbocycles. The van der Waals surface area contributed by atoms with E-state index in [1.807, 2.05) is 0 Å². The molecule has 5 heteroatoms. The Morgan fingerprint density at radius 3 is 2.86 bits per heavy atom. The standard InChI is InChI=1S/C9H9F2N3/c10-6-1-2-8(7(11)5-6)14-9-12-3-4-13-9/h1-2,5H,3-4H2,(H2,12,13,14). The third-order valence-electron chi connectivity index (χ3n) is 1.86. The molecule has 0 spiro atoms. The highest BCUT2D eigenvalue weighted by atomic mass is 19.1. The molecule has 0 bridgehead atoms. The molecule has 0 aliphatic carbocycles. The zero-order valence-electron chi connectivity index (χ0n) is 7.35. The monoisotopic (exact) mass is 197 g/mol. The van der Waals surface area contributed by atoms with Crippen molar-refractivity contribution in [1.29, 1.82) is 0 Å². The lowest BCUT2D eigenvalue weighted by molar-refractivity contribution is 0.586. The van der Waals surface area contributed by atoms with E-state index in [1.54, 1.807) is 0 Å².